The zero-order valence-electron chi connectivity index (χ0n) is 12.4. The molecule has 0 spiro atoms. The average molecular weight is 305 g/mol. The summed E-state index contributed by atoms with van der Waals surface area (Å²) in [5.74, 6) is -1.86. The molecule has 1 aromatic rings. The highest BCUT2D eigenvalue weighted by atomic mass is 16.6. The molecule has 4 atom stereocenters. The monoisotopic (exact) mass is 305 g/mol. The summed E-state index contributed by atoms with van der Waals surface area (Å²) in [5.41, 5.74) is 0.771. The van der Waals surface area contributed by atoms with Gasteiger partial charge in [0.15, 0.2) is 0 Å². The van der Waals surface area contributed by atoms with Crippen molar-refractivity contribution in [2.75, 3.05) is 6.61 Å². The minimum Gasteiger partial charge on any atom is -0.466 e. The lowest BCUT2D eigenvalue weighted by Crippen LogP contribution is -2.32. The van der Waals surface area contributed by atoms with Crippen LogP contribution in [0.5, 0.6) is 0 Å². The van der Waals surface area contributed by atoms with Crippen molar-refractivity contribution in [3.05, 3.63) is 46.0 Å². The molecule has 1 aromatic carbocycles. The summed E-state index contributed by atoms with van der Waals surface area (Å²) in [5, 5.41) is 11.5. The quantitative estimate of drug-likeness (QED) is 0.348. The lowest BCUT2D eigenvalue weighted by Gasteiger charge is -2.19. The molecular weight excluding hydrogens is 286 g/mol. The lowest BCUT2D eigenvalue weighted by atomic mass is 9.86. The number of benzene rings is 1. The normalized spacial score (nSPS) is 27.3. The molecule has 22 heavy (non-hydrogen) atoms. The van der Waals surface area contributed by atoms with Gasteiger partial charge in [-0.3, -0.25) is 14.9 Å². The average Bonchev–Trinajstić information content (AvgIpc) is 2.86. The maximum Gasteiger partial charge on any atom is 0.306 e. The molecule has 0 unspecified atom stereocenters. The van der Waals surface area contributed by atoms with Gasteiger partial charge in [0.2, 0.25) is 6.04 Å². The van der Waals surface area contributed by atoms with Crippen molar-refractivity contribution >= 4 is 12.3 Å². The number of esters is 1. The molecule has 1 aliphatic carbocycles. The summed E-state index contributed by atoms with van der Waals surface area (Å²) in [6.07, 6.45) is 1.10. The van der Waals surface area contributed by atoms with Gasteiger partial charge in [0.25, 0.3) is 0 Å². The van der Waals surface area contributed by atoms with Gasteiger partial charge in [0.1, 0.15) is 6.29 Å². The van der Waals surface area contributed by atoms with Crippen LogP contribution in [0.15, 0.2) is 30.3 Å². The standard InChI is InChI=1S/C16H19NO5/c1-2-22-14(19)9-12-8-13(10-18)15(16(12)17(20)21)11-6-4-3-5-7-11/h3-7,10,12-13,15-16H,2,8-9H2,1H3/t12-,13+,15+,16+/m1/s1. The van der Waals surface area contributed by atoms with Crippen molar-refractivity contribution in [1.82, 2.24) is 0 Å². The predicted molar refractivity (Wildman–Crippen MR) is 78.9 cm³/mol. The van der Waals surface area contributed by atoms with Crippen molar-refractivity contribution in [1.29, 1.82) is 0 Å². The van der Waals surface area contributed by atoms with Gasteiger partial charge in [-0.25, -0.2) is 0 Å². The van der Waals surface area contributed by atoms with Crippen LogP contribution < -0.4 is 0 Å². The summed E-state index contributed by atoms with van der Waals surface area (Å²) in [6.45, 7) is 1.94. The van der Waals surface area contributed by atoms with Crippen LogP contribution in [-0.2, 0) is 14.3 Å². The second-order valence-corrected chi connectivity index (χ2v) is 5.52. The van der Waals surface area contributed by atoms with E-state index in [1.165, 1.54) is 0 Å². The number of hydrogen-bond donors (Lipinski definition) is 0. The summed E-state index contributed by atoms with van der Waals surface area (Å²) in [4.78, 5) is 34.2. The molecular formula is C16H19NO5. The van der Waals surface area contributed by atoms with Crippen molar-refractivity contribution < 1.29 is 19.2 Å². The van der Waals surface area contributed by atoms with Crippen LogP contribution in [0.3, 0.4) is 0 Å². The topological polar surface area (TPSA) is 86.5 Å². The van der Waals surface area contributed by atoms with Gasteiger partial charge in [0, 0.05) is 16.8 Å². The molecule has 0 N–H and O–H groups in total. The van der Waals surface area contributed by atoms with E-state index in [2.05, 4.69) is 0 Å². The number of aldehydes is 1. The first kappa shape index (κ1) is 16.1. The van der Waals surface area contributed by atoms with Gasteiger partial charge in [0.05, 0.1) is 18.9 Å². The van der Waals surface area contributed by atoms with Gasteiger partial charge in [-0.05, 0) is 18.9 Å². The molecule has 1 saturated carbocycles. The summed E-state index contributed by atoms with van der Waals surface area (Å²) in [6, 6.07) is 8.07. The molecule has 0 radical (unpaired) electrons. The van der Waals surface area contributed by atoms with E-state index >= 15 is 0 Å². The van der Waals surface area contributed by atoms with E-state index in [9.17, 15) is 19.7 Å². The Bertz CT molecular complexity index is 545. The lowest BCUT2D eigenvalue weighted by molar-refractivity contribution is -0.532. The minimum atomic E-state index is -0.943. The molecule has 0 saturated heterocycles. The third kappa shape index (κ3) is 3.32. The van der Waals surface area contributed by atoms with E-state index < -0.39 is 29.8 Å². The van der Waals surface area contributed by atoms with Crippen LogP contribution in [0.25, 0.3) is 0 Å². The number of carbonyl (C=O) groups excluding carboxylic acids is 2. The molecule has 0 bridgehead atoms. The molecule has 1 fully saturated rings. The van der Waals surface area contributed by atoms with E-state index in [0.29, 0.717) is 6.42 Å². The largest absolute Gasteiger partial charge is 0.466 e. The van der Waals surface area contributed by atoms with Crippen LogP contribution in [0.1, 0.15) is 31.2 Å². The second-order valence-electron chi connectivity index (χ2n) is 5.52. The van der Waals surface area contributed by atoms with E-state index in [0.717, 1.165) is 11.8 Å². The third-order valence-corrected chi connectivity index (χ3v) is 4.22. The first-order chi connectivity index (χ1) is 10.6. The zero-order valence-corrected chi connectivity index (χ0v) is 12.4. The van der Waals surface area contributed by atoms with Crippen LogP contribution in [-0.4, -0.2) is 29.8 Å². The van der Waals surface area contributed by atoms with E-state index in [-0.39, 0.29) is 18.0 Å². The molecule has 0 amide bonds. The number of hydrogen-bond acceptors (Lipinski definition) is 5. The third-order valence-electron chi connectivity index (χ3n) is 4.22. The van der Waals surface area contributed by atoms with E-state index in [1.807, 2.05) is 6.07 Å². The highest BCUT2D eigenvalue weighted by molar-refractivity contribution is 5.70. The first-order valence-corrected chi connectivity index (χ1v) is 7.37. The number of rotatable bonds is 6. The summed E-state index contributed by atoms with van der Waals surface area (Å²) < 4.78 is 4.89. The Morgan fingerprint density at radius 1 is 1.41 bits per heavy atom. The van der Waals surface area contributed by atoms with Crippen molar-refractivity contribution in [2.24, 2.45) is 11.8 Å². The second kappa shape index (κ2) is 7.15. The fourth-order valence-electron chi connectivity index (χ4n) is 3.38. The van der Waals surface area contributed by atoms with E-state index in [4.69, 9.17) is 4.74 Å². The fourth-order valence-corrected chi connectivity index (χ4v) is 3.38. The molecule has 0 aliphatic heterocycles. The van der Waals surface area contributed by atoms with E-state index in [1.54, 1.807) is 31.2 Å². The molecule has 1 aliphatic rings. The molecule has 0 heterocycles. The van der Waals surface area contributed by atoms with Crippen LogP contribution >= 0.6 is 0 Å². The maximum atomic E-state index is 11.7. The van der Waals surface area contributed by atoms with Gasteiger partial charge < -0.3 is 9.53 Å². The van der Waals surface area contributed by atoms with Crippen LogP contribution in [0.4, 0.5) is 0 Å². The zero-order chi connectivity index (χ0) is 16.1. The van der Waals surface area contributed by atoms with Gasteiger partial charge in [-0.15, -0.1) is 0 Å². The van der Waals surface area contributed by atoms with Crippen LogP contribution in [0, 0.1) is 22.0 Å². The molecule has 0 aromatic heterocycles. The Kier molecular flexibility index (Phi) is 5.25. The summed E-state index contributed by atoms with van der Waals surface area (Å²) >= 11 is 0. The van der Waals surface area contributed by atoms with Crippen molar-refractivity contribution in [3.63, 3.8) is 0 Å². The van der Waals surface area contributed by atoms with Crippen molar-refractivity contribution in [2.45, 2.75) is 31.7 Å². The molecule has 6 nitrogen and oxygen atoms in total. The van der Waals surface area contributed by atoms with Crippen molar-refractivity contribution in [3.8, 4) is 0 Å². The Morgan fingerprint density at radius 2 is 2.09 bits per heavy atom. The fraction of sp³-hybridized carbons (Fsp3) is 0.500. The first-order valence-electron chi connectivity index (χ1n) is 7.37. The smallest absolute Gasteiger partial charge is 0.306 e. The Morgan fingerprint density at radius 3 is 2.64 bits per heavy atom. The number of nitro groups is 1. The van der Waals surface area contributed by atoms with Crippen LogP contribution in [0.2, 0.25) is 0 Å². The molecule has 2 rings (SSSR count). The molecule has 6 heteroatoms. The number of ether oxygens (including phenoxy) is 1. The van der Waals surface area contributed by atoms with Gasteiger partial charge >= 0.3 is 5.97 Å². The Balaban J connectivity index is 2.28. The highest BCUT2D eigenvalue weighted by Crippen LogP contribution is 2.45. The predicted octanol–water partition coefficient (Wildman–Crippen LogP) is 2.20. The van der Waals surface area contributed by atoms with Gasteiger partial charge in [-0.1, -0.05) is 30.3 Å². The minimum absolute atomic E-state index is 0.0207. The maximum absolute atomic E-state index is 11.7. The summed E-state index contributed by atoms with van der Waals surface area (Å²) in [7, 11) is 0. The highest BCUT2D eigenvalue weighted by Gasteiger charge is 2.51. The number of carbonyl (C=O) groups is 2. The molecule has 118 valence electrons. The van der Waals surface area contributed by atoms with Gasteiger partial charge in [-0.2, -0.15) is 0 Å². The number of nitrogens with zero attached hydrogens (tertiary/aromatic N) is 1. The SMILES string of the molecule is CCOC(=O)C[C@H]1C[C@@H](C=O)[C@H](c2ccccc2)[C@H]1[N+](=O)[O-]. The Hall–Kier alpha value is -2.24. The Labute approximate surface area is 128 Å².